The fourth-order valence-corrected chi connectivity index (χ4v) is 2.46. The second-order valence-corrected chi connectivity index (χ2v) is 4.43. The van der Waals surface area contributed by atoms with Crippen LogP contribution in [0.3, 0.4) is 0 Å². The molecular formula is C11H17N3S. The molecule has 0 aromatic carbocycles. The normalized spacial score (nSPS) is 15.8. The molecule has 0 spiro atoms. The Morgan fingerprint density at radius 1 is 1.27 bits per heavy atom. The van der Waals surface area contributed by atoms with Crippen molar-refractivity contribution in [3.05, 3.63) is 21.7 Å². The quantitative estimate of drug-likeness (QED) is 0.595. The van der Waals surface area contributed by atoms with E-state index >= 15 is 0 Å². The lowest BCUT2D eigenvalue weighted by Crippen LogP contribution is -2.10. The molecule has 0 radical (unpaired) electrons. The summed E-state index contributed by atoms with van der Waals surface area (Å²) in [4.78, 5) is 7.63. The highest BCUT2D eigenvalue weighted by Gasteiger charge is 2.13. The zero-order valence-corrected chi connectivity index (χ0v) is 9.70. The van der Waals surface area contributed by atoms with E-state index in [0.717, 1.165) is 25.0 Å². The van der Waals surface area contributed by atoms with Crippen molar-refractivity contribution in [2.45, 2.75) is 38.5 Å². The smallest absolute Gasteiger partial charge is 0.197 e. The van der Waals surface area contributed by atoms with E-state index in [1.54, 1.807) is 0 Å². The number of hydrogen-bond donors (Lipinski definition) is 2. The molecule has 3 nitrogen and oxygen atoms in total. The predicted molar refractivity (Wildman–Crippen MR) is 63.4 cm³/mol. The van der Waals surface area contributed by atoms with Crippen LogP contribution in [0.15, 0.2) is 0 Å². The minimum Gasteiger partial charge on any atom is -0.334 e. The van der Waals surface area contributed by atoms with Gasteiger partial charge in [0.1, 0.15) is 0 Å². The summed E-state index contributed by atoms with van der Waals surface area (Å²) < 4.78 is 0.610. The number of aromatic nitrogens is 2. The predicted octanol–water partition coefficient (Wildman–Crippen LogP) is 1.91. The van der Waals surface area contributed by atoms with Crippen LogP contribution in [0.25, 0.3) is 0 Å². The van der Waals surface area contributed by atoms with Gasteiger partial charge in [-0.15, -0.1) is 0 Å². The first kappa shape index (κ1) is 10.8. The summed E-state index contributed by atoms with van der Waals surface area (Å²) in [5, 5.41) is 0. The molecule has 3 N–H and O–H groups in total. The van der Waals surface area contributed by atoms with Crippen LogP contribution in [-0.4, -0.2) is 16.5 Å². The Hall–Kier alpha value is -0.740. The maximum absolute atomic E-state index is 5.60. The summed E-state index contributed by atoms with van der Waals surface area (Å²) in [6.45, 7) is 0.651. The van der Waals surface area contributed by atoms with E-state index in [2.05, 4.69) is 9.97 Å². The van der Waals surface area contributed by atoms with Gasteiger partial charge in [-0.1, -0.05) is 6.42 Å². The molecule has 1 aliphatic rings. The molecular weight excluding hydrogens is 206 g/mol. The van der Waals surface area contributed by atoms with Gasteiger partial charge >= 0.3 is 0 Å². The van der Waals surface area contributed by atoms with E-state index in [1.807, 2.05) is 0 Å². The van der Waals surface area contributed by atoms with Crippen LogP contribution in [0, 0.1) is 4.77 Å². The highest BCUT2D eigenvalue weighted by atomic mass is 32.1. The number of nitrogens with one attached hydrogen (secondary N) is 1. The molecule has 0 aliphatic heterocycles. The van der Waals surface area contributed by atoms with Crippen molar-refractivity contribution in [3.8, 4) is 0 Å². The number of nitrogens with zero attached hydrogens (tertiary/aromatic N) is 1. The lowest BCUT2D eigenvalue weighted by molar-refractivity contribution is 0.707. The van der Waals surface area contributed by atoms with Gasteiger partial charge in [0.2, 0.25) is 0 Å². The molecule has 1 aromatic rings. The number of aromatic amines is 1. The molecule has 2 rings (SSSR count). The standard InChI is InChI=1S/C11H17N3S/c12-7-6-10-8-4-2-1-3-5-9(8)13-11(15)14-10/h1-7,12H2,(H,13,14,15). The zero-order chi connectivity index (χ0) is 10.7. The van der Waals surface area contributed by atoms with Crippen LogP contribution in [0.2, 0.25) is 0 Å². The largest absolute Gasteiger partial charge is 0.334 e. The second-order valence-electron chi connectivity index (χ2n) is 4.05. The first-order valence-corrected chi connectivity index (χ1v) is 6.03. The first-order valence-electron chi connectivity index (χ1n) is 5.62. The van der Waals surface area contributed by atoms with Crippen LogP contribution in [0.4, 0.5) is 0 Å². The molecule has 15 heavy (non-hydrogen) atoms. The number of nitrogens with two attached hydrogens (primary N) is 1. The maximum atomic E-state index is 5.60. The third-order valence-electron chi connectivity index (χ3n) is 2.94. The van der Waals surface area contributed by atoms with Crippen molar-refractivity contribution in [2.24, 2.45) is 5.73 Å². The molecule has 0 atom stereocenters. The van der Waals surface area contributed by atoms with Gasteiger partial charge in [0.25, 0.3) is 0 Å². The Bertz CT molecular complexity index is 397. The Labute approximate surface area is 95.1 Å². The van der Waals surface area contributed by atoms with Crippen molar-refractivity contribution in [1.29, 1.82) is 0 Å². The lowest BCUT2D eigenvalue weighted by atomic mass is 10.0. The Balaban J connectivity index is 2.45. The summed E-state index contributed by atoms with van der Waals surface area (Å²) in [5.41, 5.74) is 9.40. The number of fused-ring (bicyclic) bond motifs is 1. The second kappa shape index (κ2) is 4.86. The fraction of sp³-hybridized carbons (Fsp3) is 0.636. The lowest BCUT2D eigenvalue weighted by Gasteiger charge is -2.10. The zero-order valence-electron chi connectivity index (χ0n) is 8.88. The van der Waals surface area contributed by atoms with Crippen molar-refractivity contribution in [3.63, 3.8) is 0 Å². The van der Waals surface area contributed by atoms with Crippen LogP contribution in [0.1, 0.15) is 36.2 Å². The third-order valence-corrected chi connectivity index (χ3v) is 3.13. The van der Waals surface area contributed by atoms with Crippen molar-refractivity contribution >= 4 is 12.2 Å². The highest BCUT2D eigenvalue weighted by Crippen LogP contribution is 2.21. The van der Waals surface area contributed by atoms with Crippen LogP contribution >= 0.6 is 12.2 Å². The number of H-pyrrole nitrogens is 1. The monoisotopic (exact) mass is 223 g/mol. The topological polar surface area (TPSA) is 54.7 Å². The molecule has 0 bridgehead atoms. The number of aryl methyl sites for hydroxylation is 1. The minimum absolute atomic E-state index is 0.610. The van der Waals surface area contributed by atoms with E-state index in [4.69, 9.17) is 18.0 Å². The number of hydrogen-bond acceptors (Lipinski definition) is 3. The molecule has 4 heteroatoms. The molecule has 0 saturated carbocycles. The molecule has 0 amide bonds. The average molecular weight is 223 g/mol. The summed E-state index contributed by atoms with van der Waals surface area (Å²) in [6.07, 6.45) is 6.90. The van der Waals surface area contributed by atoms with Crippen LogP contribution in [-0.2, 0) is 19.3 Å². The fourth-order valence-electron chi connectivity index (χ4n) is 2.23. The van der Waals surface area contributed by atoms with E-state index < -0.39 is 0 Å². The minimum atomic E-state index is 0.610. The highest BCUT2D eigenvalue weighted by molar-refractivity contribution is 7.71. The van der Waals surface area contributed by atoms with Gasteiger partial charge in [-0.3, -0.25) is 0 Å². The van der Waals surface area contributed by atoms with Crippen molar-refractivity contribution in [1.82, 2.24) is 9.97 Å². The summed E-state index contributed by atoms with van der Waals surface area (Å²) in [5.74, 6) is 0. The van der Waals surface area contributed by atoms with E-state index in [0.29, 0.717) is 11.3 Å². The van der Waals surface area contributed by atoms with E-state index in [-0.39, 0.29) is 0 Å². The van der Waals surface area contributed by atoms with Crippen molar-refractivity contribution in [2.75, 3.05) is 6.54 Å². The molecule has 1 aliphatic carbocycles. The Kier molecular flexibility index (Phi) is 3.49. The van der Waals surface area contributed by atoms with Crippen molar-refractivity contribution < 1.29 is 0 Å². The van der Waals surface area contributed by atoms with Gasteiger partial charge in [-0.25, -0.2) is 4.98 Å². The molecule has 82 valence electrons. The SMILES string of the molecule is NCCc1nc(=S)[nH]c2c1CCCCC2. The summed E-state index contributed by atoms with van der Waals surface area (Å²) in [7, 11) is 0. The van der Waals surface area contributed by atoms with Gasteiger partial charge in [0, 0.05) is 17.8 Å². The maximum Gasteiger partial charge on any atom is 0.197 e. The average Bonchev–Trinajstić information content (AvgIpc) is 2.43. The summed E-state index contributed by atoms with van der Waals surface area (Å²) in [6, 6.07) is 0. The van der Waals surface area contributed by atoms with Gasteiger partial charge in [0.15, 0.2) is 4.77 Å². The number of rotatable bonds is 2. The molecule has 0 fully saturated rings. The van der Waals surface area contributed by atoms with Crippen LogP contribution < -0.4 is 5.73 Å². The Morgan fingerprint density at radius 2 is 2.07 bits per heavy atom. The molecule has 0 saturated heterocycles. The van der Waals surface area contributed by atoms with E-state index in [9.17, 15) is 0 Å². The van der Waals surface area contributed by atoms with Gasteiger partial charge in [-0.2, -0.15) is 0 Å². The molecule has 0 unspecified atom stereocenters. The Morgan fingerprint density at radius 3 is 2.87 bits per heavy atom. The third kappa shape index (κ3) is 2.44. The van der Waals surface area contributed by atoms with Gasteiger partial charge in [-0.05, 0) is 50.0 Å². The van der Waals surface area contributed by atoms with E-state index in [1.165, 1.54) is 30.5 Å². The first-order chi connectivity index (χ1) is 7.31. The van der Waals surface area contributed by atoms with Gasteiger partial charge in [0.05, 0.1) is 0 Å². The molecule has 1 aromatic heterocycles. The van der Waals surface area contributed by atoms with Crippen LogP contribution in [0.5, 0.6) is 0 Å². The molecule has 1 heterocycles. The summed E-state index contributed by atoms with van der Waals surface area (Å²) >= 11 is 5.14. The van der Waals surface area contributed by atoms with Gasteiger partial charge < -0.3 is 10.7 Å².